The maximum Gasteiger partial charge on any atom is 0.191 e. The number of hydrogen-bond acceptors (Lipinski definition) is 4. The number of guanidine groups is 1. The van der Waals surface area contributed by atoms with Crippen molar-refractivity contribution < 1.29 is 14.2 Å². The molecule has 0 spiro atoms. The van der Waals surface area contributed by atoms with E-state index < -0.39 is 0 Å². The Hall–Kier alpha value is -1.95. The summed E-state index contributed by atoms with van der Waals surface area (Å²) >= 11 is 0. The van der Waals surface area contributed by atoms with Gasteiger partial charge in [-0.25, -0.2) is 0 Å². The van der Waals surface area contributed by atoms with E-state index >= 15 is 0 Å². The summed E-state index contributed by atoms with van der Waals surface area (Å²) < 4.78 is 17.1. The molecule has 0 amide bonds. The molecule has 3 rings (SSSR count). The van der Waals surface area contributed by atoms with E-state index in [2.05, 4.69) is 27.8 Å². The predicted molar refractivity (Wildman–Crippen MR) is 121 cm³/mol. The minimum Gasteiger partial charge on any atom is -0.493 e. The second-order valence-electron chi connectivity index (χ2n) is 8.74. The Bertz CT molecular complexity index is 680. The first-order chi connectivity index (χ1) is 14.7. The van der Waals surface area contributed by atoms with Gasteiger partial charge in [0.2, 0.25) is 0 Å². The summed E-state index contributed by atoms with van der Waals surface area (Å²) in [5.41, 5.74) is 1.48. The molecule has 0 saturated heterocycles. The first-order valence-corrected chi connectivity index (χ1v) is 11.4. The molecular formula is C24H39N3O3. The van der Waals surface area contributed by atoms with Gasteiger partial charge in [0, 0.05) is 33.9 Å². The van der Waals surface area contributed by atoms with Gasteiger partial charge in [0.05, 0.1) is 13.2 Å². The minimum absolute atomic E-state index is 0.311. The second kappa shape index (κ2) is 11.4. The number of methoxy groups -OCH3 is 2. The minimum atomic E-state index is 0.311. The summed E-state index contributed by atoms with van der Waals surface area (Å²) in [4.78, 5) is 4.42. The topological polar surface area (TPSA) is 64.1 Å². The molecule has 6 nitrogen and oxygen atoms in total. The van der Waals surface area contributed by atoms with E-state index in [4.69, 9.17) is 14.2 Å². The number of benzene rings is 1. The van der Waals surface area contributed by atoms with Crippen LogP contribution in [-0.4, -0.2) is 46.5 Å². The van der Waals surface area contributed by atoms with Gasteiger partial charge < -0.3 is 24.8 Å². The highest BCUT2D eigenvalue weighted by molar-refractivity contribution is 5.79. The molecule has 0 aliphatic heterocycles. The van der Waals surface area contributed by atoms with Gasteiger partial charge in [-0.3, -0.25) is 4.99 Å². The van der Waals surface area contributed by atoms with Crippen LogP contribution in [0.1, 0.15) is 63.4 Å². The van der Waals surface area contributed by atoms with E-state index in [9.17, 15) is 0 Å². The van der Waals surface area contributed by atoms with Crippen LogP contribution in [0.4, 0.5) is 0 Å². The fraction of sp³-hybridized carbons (Fsp3) is 0.708. The lowest BCUT2D eigenvalue weighted by atomic mass is 9.83. The summed E-state index contributed by atoms with van der Waals surface area (Å²) in [5.74, 6) is 2.48. The van der Waals surface area contributed by atoms with Crippen LogP contribution in [0, 0.1) is 5.41 Å². The van der Waals surface area contributed by atoms with Crippen molar-refractivity contribution in [3.8, 4) is 11.5 Å². The highest BCUT2D eigenvalue weighted by Crippen LogP contribution is 2.40. The van der Waals surface area contributed by atoms with Crippen LogP contribution >= 0.6 is 0 Å². The van der Waals surface area contributed by atoms with E-state index in [-0.39, 0.29) is 0 Å². The lowest BCUT2D eigenvalue weighted by Crippen LogP contribution is -2.43. The standard InChI is InChI=1S/C24H39N3O3/c1-25-23(27-18-24(14-15-28-2)12-6-7-13-24)26-17-19-10-11-21(29-3)22(16-19)30-20-8-4-5-9-20/h10-11,16,20H,4-9,12-15,17-18H2,1-3H3,(H2,25,26,27). The van der Waals surface area contributed by atoms with Crippen molar-refractivity contribution in [1.82, 2.24) is 10.6 Å². The van der Waals surface area contributed by atoms with E-state index in [1.54, 1.807) is 14.2 Å². The van der Waals surface area contributed by atoms with Gasteiger partial charge in [-0.05, 0) is 68.1 Å². The molecule has 0 heterocycles. The molecule has 0 radical (unpaired) electrons. The van der Waals surface area contributed by atoms with Gasteiger partial charge in [-0.1, -0.05) is 18.9 Å². The third kappa shape index (κ3) is 6.27. The fourth-order valence-electron chi connectivity index (χ4n) is 4.75. The van der Waals surface area contributed by atoms with Gasteiger partial charge in [0.15, 0.2) is 17.5 Å². The Balaban J connectivity index is 1.55. The van der Waals surface area contributed by atoms with Crippen LogP contribution in [0.2, 0.25) is 0 Å². The molecule has 0 atom stereocenters. The summed E-state index contributed by atoms with van der Waals surface area (Å²) in [5, 5.41) is 7.01. The number of rotatable bonds is 10. The van der Waals surface area contributed by atoms with Crippen molar-refractivity contribution in [3.05, 3.63) is 23.8 Å². The van der Waals surface area contributed by atoms with Gasteiger partial charge >= 0.3 is 0 Å². The number of aliphatic imine (C=N–C) groups is 1. The first kappa shape index (κ1) is 22.7. The predicted octanol–water partition coefficient (Wildman–Crippen LogP) is 4.28. The number of hydrogen-bond donors (Lipinski definition) is 2. The Kier molecular flexibility index (Phi) is 8.67. The van der Waals surface area contributed by atoms with Gasteiger partial charge in [0.25, 0.3) is 0 Å². The molecule has 0 aromatic heterocycles. The van der Waals surface area contributed by atoms with Crippen molar-refractivity contribution >= 4 is 5.96 Å². The van der Waals surface area contributed by atoms with Crippen LogP contribution in [0.25, 0.3) is 0 Å². The first-order valence-electron chi connectivity index (χ1n) is 11.4. The van der Waals surface area contributed by atoms with Crippen LogP contribution in [0.5, 0.6) is 11.5 Å². The van der Waals surface area contributed by atoms with Crippen LogP contribution < -0.4 is 20.1 Å². The molecule has 2 N–H and O–H groups in total. The molecule has 6 heteroatoms. The van der Waals surface area contributed by atoms with E-state index in [1.807, 2.05) is 13.1 Å². The third-order valence-electron chi connectivity index (χ3n) is 6.64. The maximum atomic E-state index is 6.23. The van der Waals surface area contributed by atoms with E-state index in [1.165, 1.54) is 38.5 Å². The zero-order valence-corrected chi connectivity index (χ0v) is 19.0. The molecule has 2 aliphatic carbocycles. The Labute approximate surface area is 181 Å². The average Bonchev–Trinajstić information content (AvgIpc) is 3.45. The molecule has 0 unspecified atom stereocenters. The monoisotopic (exact) mass is 417 g/mol. The summed E-state index contributed by atoms with van der Waals surface area (Å²) in [6, 6.07) is 6.17. The molecular weight excluding hydrogens is 378 g/mol. The van der Waals surface area contributed by atoms with E-state index in [0.29, 0.717) is 18.1 Å². The van der Waals surface area contributed by atoms with E-state index in [0.717, 1.165) is 55.4 Å². The summed E-state index contributed by atoms with van der Waals surface area (Å²) in [7, 11) is 5.31. The molecule has 2 fully saturated rings. The van der Waals surface area contributed by atoms with Crippen LogP contribution in [0.3, 0.4) is 0 Å². The SMILES string of the molecule is CN=C(NCc1ccc(OC)c(OC2CCCC2)c1)NCC1(CCOC)CCCC1. The Morgan fingerprint density at radius 3 is 2.50 bits per heavy atom. The lowest BCUT2D eigenvalue weighted by Gasteiger charge is -2.30. The highest BCUT2D eigenvalue weighted by atomic mass is 16.5. The maximum absolute atomic E-state index is 6.23. The van der Waals surface area contributed by atoms with Crippen molar-refractivity contribution in [3.63, 3.8) is 0 Å². The van der Waals surface area contributed by atoms with Crippen LogP contribution in [0.15, 0.2) is 23.2 Å². The van der Waals surface area contributed by atoms with Crippen molar-refractivity contribution in [2.24, 2.45) is 10.4 Å². The average molecular weight is 418 g/mol. The molecule has 1 aromatic rings. The lowest BCUT2D eigenvalue weighted by molar-refractivity contribution is 0.138. The van der Waals surface area contributed by atoms with Crippen molar-refractivity contribution in [1.29, 1.82) is 0 Å². The number of nitrogens with zero attached hydrogens (tertiary/aromatic N) is 1. The summed E-state index contributed by atoms with van der Waals surface area (Å²) in [6.07, 6.45) is 11.3. The van der Waals surface area contributed by atoms with Gasteiger partial charge in [-0.2, -0.15) is 0 Å². The zero-order chi connectivity index (χ0) is 21.2. The quantitative estimate of drug-likeness (QED) is 0.439. The fourth-order valence-corrected chi connectivity index (χ4v) is 4.75. The Morgan fingerprint density at radius 2 is 1.83 bits per heavy atom. The number of ether oxygens (including phenoxy) is 3. The normalized spacial score (nSPS) is 19.1. The number of nitrogens with one attached hydrogen (secondary N) is 2. The second-order valence-corrected chi connectivity index (χ2v) is 8.74. The smallest absolute Gasteiger partial charge is 0.191 e. The largest absolute Gasteiger partial charge is 0.493 e. The highest BCUT2D eigenvalue weighted by Gasteiger charge is 2.33. The molecule has 2 saturated carbocycles. The zero-order valence-electron chi connectivity index (χ0n) is 19.0. The molecule has 0 bridgehead atoms. The molecule has 2 aliphatic rings. The van der Waals surface area contributed by atoms with Crippen molar-refractivity contribution in [2.75, 3.05) is 34.4 Å². The molecule has 1 aromatic carbocycles. The Morgan fingerprint density at radius 1 is 1.07 bits per heavy atom. The van der Waals surface area contributed by atoms with Gasteiger partial charge in [0.1, 0.15) is 0 Å². The molecule has 30 heavy (non-hydrogen) atoms. The van der Waals surface area contributed by atoms with Crippen LogP contribution in [-0.2, 0) is 11.3 Å². The summed E-state index contributed by atoms with van der Waals surface area (Å²) in [6.45, 7) is 2.45. The molecule has 168 valence electrons. The van der Waals surface area contributed by atoms with Gasteiger partial charge in [-0.15, -0.1) is 0 Å². The third-order valence-corrected chi connectivity index (χ3v) is 6.64. The van der Waals surface area contributed by atoms with Crippen molar-refractivity contribution in [2.45, 2.75) is 70.4 Å².